The third-order valence-corrected chi connectivity index (χ3v) is 2.48. The van der Waals surface area contributed by atoms with E-state index in [2.05, 4.69) is 15.9 Å². The molecule has 0 aliphatic heterocycles. The minimum Gasteiger partial charge on any atom is -0.490 e. The van der Waals surface area contributed by atoms with E-state index >= 15 is 0 Å². The number of hydrogen-bond donors (Lipinski definition) is 2. The molecule has 0 saturated heterocycles. The van der Waals surface area contributed by atoms with E-state index < -0.39 is 12.0 Å². The molecule has 0 unspecified atom stereocenters. The molecule has 0 heterocycles. The summed E-state index contributed by atoms with van der Waals surface area (Å²) in [6, 6.07) is 3.91. The maximum Gasteiger partial charge on any atom is 0.324 e. The highest BCUT2D eigenvalue weighted by molar-refractivity contribution is 9.10. The first-order chi connectivity index (χ1) is 7.00. The second kappa shape index (κ2) is 5.34. The monoisotopic (exact) mass is 293 g/mol. The van der Waals surface area contributed by atoms with E-state index in [1.807, 2.05) is 0 Å². The van der Waals surface area contributed by atoms with Crippen LogP contribution in [-0.4, -0.2) is 23.7 Å². The van der Waals surface area contributed by atoms with Gasteiger partial charge in [0.25, 0.3) is 0 Å². The molecule has 0 aliphatic rings. The van der Waals surface area contributed by atoms with Crippen LogP contribution in [0.5, 0.6) is 5.75 Å². The van der Waals surface area contributed by atoms with Gasteiger partial charge in [-0.1, -0.05) is 11.6 Å². The summed E-state index contributed by atoms with van der Waals surface area (Å²) in [4.78, 5) is 10.4. The topological polar surface area (TPSA) is 72.5 Å². The van der Waals surface area contributed by atoms with Gasteiger partial charge < -0.3 is 15.6 Å². The molecule has 1 rings (SSSR count). The highest BCUT2D eigenvalue weighted by Gasteiger charge is 2.12. The average Bonchev–Trinajstić information content (AvgIpc) is 2.15. The van der Waals surface area contributed by atoms with Crippen LogP contribution in [0.3, 0.4) is 0 Å². The van der Waals surface area contributed by atoms with Gasteiger partial charge in [-0.05, 0) is 34.1 Å². The standard InChI is InChI=1S/C9H9BrClNO3/c10-6-3-5(11)1-2-8(6)15-4-7(12)9(13)14/h1-3,7H,4,12H2,(H,13,14)/t7-/m0/s1. The summed E-state index contributed by atoms with van der Waals surface area (Å²) in [5.74, 6) is -0.587. The van der Waals surface area contributed by atoms with Gasteiger partial charge in [-0.25, -0.2) is 0 Å². The Labute approximate surface area is 100 Å². The van der Waals surface area contributed by atoms with Gasteiger partial charge >= 0.3 is 5.97 Å². The Morgan fingerprint density at radius 2 is 2.33 bits per heavy atom. The van der Waals surface area contributed by atoms with Crippen LogP contribution < -0.4 is 10.5 Å². The minimum absolute atomic E-state index is 0.0877. The van der Waals surface area contributed by atoms with Crippen molar-refractivity contribution >= 4 is 33.5 Å². The van der Waals surface area contributed by atoms with Crippen molar-refractivity contribution in [2.75, 3.05) is 6.61 Å². The molecule has 0 bridgehead atoms. The van der Waals surface area contributed by atoms with Crippen LogP contribution in [0.2, 0.25) is 5.02 Å². The normalized spacial score (nSPS) is 12.2. The largest absolute Gasteiger partial charge is 0.490 e. The molecular weight excluding hydrogens is 285 g/mol. The first-order valence-electron chi connectivity index (χ1n) is 4.07. The van der Waals surface area contributed by atoms with Gasteiger partial charge in [0.2, 0.25) is 0 Å². The Morgan fingerprint density at radius 1 is 1.67 bits per heavy atom. The average molecular weight is 295 g/mol. The van der Waals surface area contributed by atoms with E-state index in [0.717, 1.165) is 0 Å². The molecule has 0 spiro atoms. The van der Waals surface area contributed by atoms with Gasteiger partial charge in [0, 0.05) is 5.02 Å². The molecule has 0 saturated carbocycles. The first kappa shape index (κ1) is 12.3. The summed E-state index contributed by atoms with van der Waals surface area (Å²) in [5.41, 5.74) is 5.28. The highest BCUT2D eigenvalue weighted by atomic mass is 79.9. The molecule has 0 fully saturated rings. The van der Waals surface area contributed by atoms with Gasteiger partial charge in [-0.3, -0.25) is 4.79 Å². The molecule has 82 valence electrons. The second-order valence-electron chi connectivity index (χ2n) is 2.83. The zero-order valence-electron chi connectivity index (χ0n) is 7.61. The molecule has 6 heteroatoms. The fraction of sp³-hybridized carbons (Fsp3) is 0.222. The molecule has 0 aliphatic carbocycles. The predicted molar refractivity (Wildman–Crippen MR) is 60.3 cm³/mol. The van der Waals surface area contributed by atoms with Gasteiger partial charge in [0.15, 0.2) is 0 Å². The summed E-state index contributed by atoms with van der Waals surface area (Å²) in [7, 11) is 0. The number of carboxylic acids is 1. The summed E-state index contributed by atoms with van der Waals surface area (Å²) in [6.07, 6.45) is 0. The highest BCUT2D eigenvalue weighted by Crippen LogP contribution is 2.27. The number of hydrogen-bond acceptors (Lipinski definition) is 3. The van der Waals surface area contributed by atoms with Gasteiger partial charge in [0.05, 0.1) is 4.47 Å². The molecule has 0 radical (unpaired) electrons. The number of halogens is 2. The lowest BCUT2D eigenvalue weighted by molar-refractivity contribution is -0.139. The Hall–Kier alpha value is -0.780. The van der Waals surface area contributed by atoms with Gasteiger partial charge in [-0.15, -0.1) is 0 Å². The number of nitrogens with two attached hydrogens (primary N) is 1. The lowest BCUT2D eigenvalue weighted by Gasteiger charge is -2.10. The van der Waals surface area contributed by atoms with Crippen LogP contribution >= 0.6 is 27.5 Å². The predicted octanol–water partition coefficient (Wildman–Crippen LogP) is 1.89. The summed E-state index contributed by atoms with van der Waals surface area (Å²) >= 11 is 8.96. The van der Waals surface area contributed by atoms with Crippen molar-refractivity contribution in [2.45, 2.75) is 6.04 Å². The molecule has 1 atom stereocenters. The first-order valence-corrected chi connectivity index (χ1v) is 5.24. The SMILES string of the molecule is N[C@@H](COc1ccc(Cl)cc1Br)C(=O)O. The Morgan fingerprint density at radius 3 is 2.87 bits per heavy atom. The number of aliphatic carboxylic acids is 1. The molecule has 15 heavy (non-hydrogen) atoms. The van der Waals surface area contributed by atoms with Crippen LogP contribution in [0.25, 0.3) is 0 Å². The van der Waals surface area contributed by atoms with Crippen molar-refractivity contribution in [2.24, 2.45) is 5.73 Å². The number of carbonyl (C=O) groups is 1. The van der Waals surface area contributed by atoms with Crippen molar-refractivity contribution in [3.05, 3.63) is 27.7 Å². The third kappa shape index (κ3) is 3.70. The Balaban J connectivity index is 2.62. The molecule has 0 amide bonds. The van der Waals surface area contributed by atoms with E-state index in [1.54, 1.807) is 18.2 Å². The number of ether oxygens (including phenoxy) is 1. The smallest absolute Gasteiger partial charge is 0.324 e. The number of carboxylic acid groups (broad SMARTS) is 1. The van der Waals surface area contributed by atoms with Crippen LogP contribution in [0, 0.1) is 0 Å². The number of rotatable bonds is 4. The van der Waals surface area contributed by atoms with Crippen LogP contribution in [0.15, 0.2) is 22.7 Å². The minimum atomic E-state index is -1.10. The molecule has 1 aromatic carbocycles. The van der Waals surface area contributed by atoms with Crippen LogP contribution in [0.1, 0.15) is 0 Å². The summed E-state index contributed by atoms with van der Waals surface area (Å²) in [6.45, 7) is -0.0877. The van der Waals surface area contributed by atoms with Crippen molar-refractivity contribution in [3.8, 4) is 5.75 Å². The van der Waals surface area contributed by atoms with E-state index in [4.69, 9.17) is 27.2 Å². The third-order valence-electron chi connectivity index (χ3n) is 1.63. The summed E-state index contributed by atoms with van der Waals surface area (Å²) < 4.78 is 5.86. The second-order valence-corrected chi connectivity index (χ2v) is 4.12. The fourth-order valence-corrected chi connectivity index (χ4v) is 1.64. The van der Waals surface area contributed by atoms with E-state index in [-0.39, 0.29) is 6.61 Å². The van der Waals surface area contributed by atoms with E-state index in [0.29, 0.717) is 15.2 Å². The number of benzene rings is 1. The van der Waals surface area contributed by atoms with Crippen LogP contribution in [-0.2, 0) is 4.79 Å². The quantitative estimate of drug-likeness (QED) is 0.889. The van der Waals surface area contributed by atoms with Gasteiger partial charge in [0.1, 0.15) is 18.4 Å². The van der Waals surface area contributed by atoms with Crippen molar-refractivity contribution in [1.82, 2.24) is 0 Å². The van der Waals surface area contributed by atoms with Gasteiger partial charge in [-0.2, -0.15) is 0 Å². The van der Waals surface area contributed by atoms with Crippen molar-refractivity contribution in [1.29, 1.82) is 0 Å². The molecular formula is C9H9BrClNO3. The Kier molecular flexibility index (Phi) is 4.38. The zero-order valence-corrected chi connectivity index (χ0v) is 9.96. The van der Waals surface area contributed by atoms with Crippen molar-refractivity contribution in [3.63, 3.8) is 0 Å². The fourth-order valence-electron chi connectivity index (χ4n) is 0.843. The molecule has 4 nitrogen and oxygen atoms in total. The summed E-state index contributed by atoms with van der Waals surface area (Å²) in [5, 5.41) is 9.10. The van der Waals surface area contributed by atoms with Crippen molar-refractivity contribution < 1.29 is 14.6 Å². The molecule has 1 aromatic rings. The molecule has 3 N–H and O–H groups in total. The zero-order chi connectivity index (χ0) is 11.4. The van der Waals surface area contributed by atoms with E-state index in [1.165, 1.54) is 0 Å². The van der Waals surface area contributed by atoms with E-state index in [9.17, 15) is 4.79 Å². The maximum absolute atomic E-state index is 10.4. The lowest BCUT2D eigenvalue weighted by atomic mass is 10.3. The van der Waals surface area contributed by atoms with Crippen LogP contribution in [0.4, 0.5) is 0 Å². The maximum atomic E-state index is 10.4. The molecule has 0 aromatic heterocycles. The lowest BCUT2D eigenvalue weighted by Crippen LogP contribution is -2.36. The Bertz CT molecular complexity index is 372.